The van der Waals surface area contributed by atoms with E-state index < -0.39 is 12.1 Å². The summed E-state index contributed by atoms with van der Waals surface area (Å²) in [5.74, 6) is -0.580. The van der Waals surface area contributed by atoms with E-state index in [2.05, 4.69) is 20.9 Å². The molecule has 0 spiro atoms. The number of pyridine rings is 1. The van der Waals surface area contributed by atoms with E-state index in [9.17, 15) is 4.39 Å². The minimum absolute atomic E-state index is 0.512. The molecule has 0 radical (unpaired) electrons. The smallest absolute Gasteiger partial charge is 0.213 e. The summed E-state index contributed by atoms with van der Waals surface area (Å²) >= 11 is 3.14. The Balaban J connectivity index is 3.13. The van der Waals surface area contributed by atoms with Crippen molar-refractivity contribution < 1.29 is 9.50 Å². The summed E-state index contributed by atoms with van der Waals surface area (Å²) < 4.78 is 13.1. The molecule has 1 N–H and O–H groups in total. The lowest BCUT2D eigenvalue weighted by atomic mass is 10.2. The number of aromatic nitrogens is 1. The van der Waals surface area contributed by atoms with Crippen molar-refractivity contribution in [1.29, 1.82) is 0 Å². The lowest BCUT2D eigenvalue weighted by Crippen LogP contribution is -1.95. The van der Waals surface area contributed by atoms with Gasteiger partial charge in [-0.2, -0.15) is 4.39 Å². The lowest BCUT2D eigenvalue weighted by molar-refractivity contribution is 0.197. The summed E-state index contributed by atoms with van der Waals surface area (Å²) in [5.41, 5.74) is 0.512. The second kappa shape index (κ2) is 3.28. The van der Waals surface area contributed by atoms with Crippen molar-refractivity contribution in [2.24, 2.45) is 0 Å². The van der Waals surface area contributed by atoms with Crippen LogP contribution in [0.25, 0.3) is 0 Å². The van der Waals surface area contributed by atoms with E-state index in [0.29, 0.717) is 10.0 Å². The van der Waals surface area contributed by atoms with Crippen molar-refractivity contribution in [1.82, 2.24) is 4.98 Å². The van der Waals surface area contributed by atoms with Crippen LogP contribution in [-0.2, 0) is 0 Å². The van der Waals surface area contributed by atoms with E-state index in [4.69, 9.17) is 5.11 Å². The summed E-state index contributed by atoms with van der Waals surface area (Å²) in [7, 11) is 0. The second-order valence-corrected chi connectivity index (χ2v) is 3.06. The molecule has 1 aromatic rings. The van der Waals surface area contributed by atoms with E-state index in [-0.39, 0.29) is 0 Å². The van der Waals surface area contributed by atoms with Crippen LogP contribution in [0.1, 0.15) is 18.6 Å². The van der Waals surface area contributed by atoms with Gasteiger partial charge in [0.25, 0.3) is 0 Å². The van der Waals surface area contributed by atoms with E-state index in [1.165, 1.54) is 12.3 Å². The fraction of sp³-hybridized carbons (Fsp3) is 0.286. The van der Waals surface area contributed by atoms with E-state index in [1.807, 2.05) is 0 Å². The molecule has 0 aromatic carbocycles. The summed E-state index contributed by atoms with van der Waals surface area (Å²) in [4.78, 5) is 3.40. The summed E-state index contributed by atoms with van der Waals surface area (Å²) in [6.45, 7) is 1.57. The largest absolute Gasteiger partial charge is 0.389 e. The van der Waals surface area contributed by atoms with Crippen molar-refractivity contribution in [2.45, 2.75) is 13.0 Å². The van der Waals surface area contributed by atoms with Crippen molar-refractivity contribution >= 4 is 15.9 Å². The van der Waals surface area contributed by atoms with Gasteiger partial charge in [0, 0.05) is 22.3 Å². The van der Waals surface area contributed by atoms with Gasteiger partial charge in [0.2, 0.25) is 5.95 Å². The topological polar surface area (TPSA) is 33.1 Å². The molecule has 0 amide bonds. The van der Waals surface area contributed by atoms with Crippen molar-refractivity contribution in [3.8, 4) is 0 Å². The molecule has 0 bridgehead atoms. The maximum absolute atomic E-state index is 12.5. The molecule has 1 aromatic heterocycles. The predicted molar refractivity (Wildman–Crippen MR) is 42.5 cm³/mol. The maximum Gasteiger partial charge on any atom is 0.213 e. The third-order valence-corrected chi connectivity index (χ3v) is 1.96. The molecule has 11 heavy (non-hydrogen) atoms. The molecule has 1 heterocycles. The quantitative estimate of drug-likeness (QED) is 0.734. The molecule has 2 nitrogen and oxygen atoms in total. The van der Waals surface area contributed by atoms with Crippen LogP contribution in [0.2, 0.25) is 0 Å². The molecular weight excluding hydrogens is 213 g/mol. The maximum atomic E-state index is 12.5. The van der Waals surface area contributed by atoms with E-state index >= 15 is 0 Å². The summed E-state index contributed by atoms with van der Waals surface area (Å²) in [6, 6.07) is 1.20. The number of halogens is 2. The van der Waals surface area contributed by atoms with Gasteiger partial charge in [-0.15, -0.1) is 0 Å². The predicted octanol–water partition coefficient (Wildman–Crippen LogP) is 2.04. The molecule has 0 aliphatic carbocycles. The van der Waals surface area contributed by atoms with Crippen LogP contribution in [0.3, 0.4) is 0 Å². The highest BCUT2D eigenvalue weighted by Crippen LogP contribution is 2.22. The van der Waals surface area contributed by atoms with Crippen LogP contribution in [-0.4, -0.2) is 10.1 Å². The Morgan fingerprint density at radius 1 is 1.73 bits per heavy atom. The Morgan fingerprint density at radius 3 is 2.82 bits per heavy atom. The number of nitrogens with zero attached hydrogens (tertiary/aromatic N) is 1. The second-order valence-electron chi connectivity index (χ2n) is 2.20. The highest BCUT2D eigenvalue weighted by molar-refractivity contribution is 9.10. The van der Waals surface area contributed by atoms with Gasteiger partial charge >= 0.3 is 0 Å². The van der Waals surface area contributed by atoms with Crippen molar-refractivity contribution in [2.75, 3.05) is 0 Å². The molecule has 0 aliphatic heterocycles. The molecule has 1 atom stereocenters. The highest BCUT2D eigenvalue weighted by atomic mass is 79.9. The van der Waals surface area contributed by atoms with Gasteiger partial charge in [-0.25, -0.2) is 4.98 Å². The Hall–Kier alpha value is -0.480. The van der Waals surface area contributed by atoms with Crippen LogP contribution in [0.15, 0.2) is 16.7 Å². The number of rotatable bonds is 1. The van der Waals surface area contributed by atoms with Crippen LogP contribution in [0, 0.1) is 5.95 Å². The Kier molecular flexibility index (Phi) is 2.57. The third-order valence-electron chi connectivity index (χ3n) is 1.30. The minimum atomic E-state index is -0.679. The number of aliphatic hydroxyl groups excluding tert-OH is 1. The SMILES string of the molecule is CC(O)c1cc(F)ncc1Br. The molecule has 60 valence electrons. The van der Waals surface area contributed by atoms with Crippen molar-refractivity contribution in [3.63, 3.8) is 0 Å². The number of hydrogen-bond acceptors (Lipinski definition) is 2. The molecule has 0 saturated carbocycles. The molecule has 0 saturated heterocycles. The first-order valence-corrected chi connectivity index (χ1v) is 3.89. The lowest BCUT2D eigenvalue weighted by Gasteiger charge is -2.05. The van der Waals surface area contributed by atoms with E-state index in [0.717, 1.165) is 0 Å². The van der Waals surface area contributed by atoms with Gasteiger partial charge in [-0.05, 0) is 22.9 Å². The Bertz CT molecular complexity index is 265. The molecule has 1 rings (SSSR count). The highest BCUT2D eigenvalue weighted by Gasteiger charge is 2.07. The zero-order valence-electron chi connectivity index (χ0n) is 5.88. The molecule has 4 heteroatoms. The Morgan fingerprint density at radius 2 is 2.36 bits per heavy atom. The Labute approximate surface area is 72.2 Å². The number of aliphatic hydroxyl groups is 1. The zero-order valence-corrected chi connectivity index (χ0v) is 7.47. The minimum Gasteiger partial charge on any atom is -0.389 e. The normalized spacial score (nSPS) is 13.1. The van der Waals surface area contributed by atoms with Gasteiger partial charge in [0.15, 0.2) is 0 Å². The van der Waals surface area contributed by atoms with Gasteiger partial charge in [-0.1, -0.05) is 0 Å². The van der Waals surface area contributed by atoms with Gasteiger partial charge in [0.1, 0.15) is 0 Å². The zero-order chi connectivity index (χ0) is 8.43. The van der Waals surface area contributed by atoms with Gasteiger partial charge in [-0.3, -0.25) is 0 Å². The average molecular weight is 220 g/mol. The number of hydrogen-bond donors (Lipinski definition) is 1. The summed E-state index contributed by atoms with van der Waals surface area (Å²) in [5, 5.41) is 9.10. The monoisotopic (exact) mass is 219 g/mol. The van der Waals surface area contributed by atoms with Gasteiger partial charge in [0.05, 0.1) is 6.10 Å². The van der Waals surface area contributed by atoms with Crippen LogP contribution >= 0.6 is 15.9 Å². The first-order valence-electron chi connectivity index (χ1n) is 3.10. The van der Waals surface area contributed by atoms with Gasteiger partial charge < -0.3 is 5.11 Å². The molecule has 1 unspecified atom stereocenters. The van der Waals surface area contributed by atoms with Crippen LogP contribution < -0.4 is 0 Å². The fourth-order valence-corrected chi connectivity index (χ4v) is 1.30. The molecule has 0 aliphatic rings. The standard InChI is InChI=1S/C7H7BrFNO/c1-4(11)5-2-7(9)10-3-6(5)8/h2-4,11H,1H3. The molecule has 0 fully saturated rings. The molecular formula is C7H7BrFNO. The van der Waals surface area contributed by atoms with Crippen LogP contribution in [0.4, 0.5) is 4.39 Å². The fourth-order valence-electron chi connectivity index (χ4n) is 0.748. The average Bonchev–Trinajstić information content (AvgIpc) is 1.94. The van der Waals surface area contributed by atoms with Crippen molar-refractivity contribution in [3.05, 3.63) is 28.2 Å². The van der Waals surface area contributed by atoms with E-state index in [1.54, 1.807) is 6.92 Å². The first kappa shape index (κ1) is 8.62. The summed E-state index contributed by atoms with van der Waals surface area (Å²) in [6.07, 6.45) is 0.652. The third kappa shape index (κ3) is 1.97. The van der Waals surface area contributed by atoms with Crippen LogP contribution in [0.5, 0.6) is 0 Å². The first-order chi connectivity index (χ1) is 5.11.